The molecule has 0 aromatic heterocycles. The lowest BCUT2D eigenvalue weighted by Gasteiger charge is -2.32. The summed E-state index contributed by atoms with van der Waals surface area (Å²) in [6.07, 6.45) is 1.55. The Kier molecular flexibility index (Phi) is 5.05. The fourth-order valence-corrected chi connectivity index (χ4v) is 2.91. The Balaban J connectivity index is 2.01. The summed E-state index contributed by atoms with van der Waals surface area (Å²) >= 11 is 9.43. The number of rotatable bonds is 2. The van der Waals surface area contributed by atoms with Crippen LogP contribution in [0.2, 0.25) is 5.02 Å². The van der Waals surface area contributed by atoms with Crippen LogP contribution in [0.5, 0.6) is 0 Å². The van der Waals surface area contributed by atoms with Gasteiger partial charge in [0.1, 0.15) is 0 Å². The Labute approximate surface area is 131 Å². The van der Waals surface area contributed by atoms with Crippen molar-refractivity contribution in [3.63, 3.8) is 0 Å². The number of carbonyl (C=O) groups excluding carboxylic acids is 2. The van der Waals surface area contributed by atoms with Gasteiger partial charge in [-0.15, -0.1) is 0 Å². The molecule has 6 heteroatoms. The van der Waals surface area contributed by atoms with Crippen molar-refractivity contribution in [3.05, 3.63) is 33.3 Å². The Bertz CT molecular complexity index is 528. The quantitative estimate of drug-likeness (QED) is 0.883. The van der Waals surface area contributed by atoms with Gasteiger partial charge in [-0.05, 0) is 31.0 Å². The molecule has 1 saturated heterocycles. The van der Waals surface area contributed by atoms with Gasteiger partial charge in [0.05, 0.1) is 10.6 Å². The van der Waals surface area contributed by atoms with E-state index in [1.807, 2.05) is 6.07 Å². The van der Waals surface area contributed by atoms with E-state index in [9.17, 15) is 9.59 Å². The van der Waals surface area contributed by atoms with Gasteiger partial charge >= 0.3 is 0 Å². The second-order valence-electron chi connectivity index (χ2n) is 4.89. The van der Waals surface area contributed by atoms with Crippen LogP contribution < -0.4 is 5.32 Å². The number of hydrogen-bond donors (Lipinski definition) is 1. The topological polar surface area (TPSA) is 49.4 Å². The number of carbonyl (C=O) groups is 2. The molecule has 0 atom stereocenters. The van der Waals surface area contributed by atoms with E-state index in [1.54, 1.807) is 17.0 Å². The van der Waals surface area contributed by atoms with Gasteiger partial charge in [0.2, 0.25) is 5.91 Å². The average Bonchev–Trinajstić information content (AvgIpc) is 2.41. The van der Waals surface area contributed by atoms with Crippen molar-refractivity contribution < 1.29 is 9.59 Å². The summed E-state index contributed by atoms with van der Waals surface area (Å²) in [5.74, 6) is -0.0811. The van der Waals surface area contributed by atoms with E-state index in [-0.39, 0.29) is 17.9 Å². The fraction of sp³-hybridized carbons (Fsp3) is 0.429. The number of halogens is 2. The molecule has 0 saturated carbocycles. The Hall–Kier alpha value is -1.07. The molecule has 1 aliphatic rings. The zero-order valence-corrected chi connectivity index (χ0v) is 13.5. The molecular weight excluding hydrogens is 344 g/mol. The maximum absolute atomic E-state index is 12.4. The summed E-state index contributed by atoms with van der Waals surface area (Å²) in [7, 11) is 0. The largest absolute Gasteiger partial charge is 0.353 e. The molecule has 4 nitrogen and oxygen atoms in total. The first-order chi connectivity index (χ1) is 9.47. The number of hydrogen-bond acceptors (Lipinski definition) is 2. The van der Waals surface area contributed by atoms with Gasteiger partial charge in [0.15, 0.2) is 0 Å². The Morgan fingerprint density at radius 1 is 1.35 bits per heavy atom. The molecule has 0 radical (unpaired) electrons. The number of benzene rings is 1. The van der Waals surface area contributed by atoms with Crippen molar-refractivity contribution in [1.29, 1.82) is 0 Å². The van der Waals surface area contributed by atoms with Gasteiger partial charge in [-0.1, -0.05) is 27.5 Å². The van der Waals surface area contributed by atoms with Crippen LogP contribution in [0.1, 0.15) is 30.1 Å². The molecule has 2 amide bonds. The number of nitrogens with zero attached hydrogens (tertiary/aromatic N) is 1. The molecule has 2 rings (SSSR count). The number of nitrogens with one attached hydrogen (secondary N) is 1. The van der Waals surface area contributed by atoms with Crippen molar-refractivity contribution >= 4 is 39.3 Å². The number of likely N-dealkylation sites (tertiary alicyclic amines) is 1. The van der Waals surface area contributed by atoms with Crippen LogP contribution in [0.25, 0.3) is 0 Å². The van der Waals surface area contributed by atoms with E-state index in [1.165, 1.54) is 6.92 Å². The predicted octanol–water partition coefficient (Wildman–Crippen LogP) is 2.84. The van der Waals surface area contributed by atoms with E-state index >= 15 is 0 Å². The lowest BCUT2D eigenvalue weighted by Crippen LogP contribution is -2.46. The second-order valence-corrected chi connectivity index (χ2v) is 6.21. The minimum atomic E-state index is -0.0578. The molecule has 1 heterocycles. The number of piperidine rings is 1. The highest BCUT2D eigenvalue weighted by molar-refractivity contribution is 9.10. The maximum atomic E-state index is 12.4. The molecule has 20 heavy (non-hydrogen) atoms. The molecule has 108 valence electrons. The zero-order valence-electron chi connectivity index (χ0n) is 11.2. The van der Waals surface area contributed by atoms with E-state index in [2.05, 4.69) is 21.2 Å². The van der Waals surface area contributed by atoms with E-state index in [0.717, 1.165) is 17.3 Å². The maximum Gasteiger partial charge on any atom is 0.255 e. The zero-order chi connectivity index (χ0) is 14.7. The predicted molar refractivity (Wildman–Crippen MR) is 81.9 cm³/mol. The van der Waals surface area contributed by atoms with Crippen LogP contribution in [-0.4, -0.2) is 35.8 Å². The minimum Gasteiger partial charge on any atom is -0.353 e. The third-order valence-corrected chi connectivity index (χ3v) is 4.17. The first kappa shape index (κ1) is 15.3. The van der Waals surface area contributed by atoms with Crippen LogP contribution >= 0.6 is 27.5 Å². The minimum absolute atomic E-state index is 0.0233. The van der Waals surface area contributed by atoms with Crippen LogP contribution in [0, 0.1) is 0 Å². The fourth-order valence-electron chi connectivity index (χ4n) is 2.35. The van der Waals surface area contributed by atoms with E-state index in [4.69, 9.17) is 11.6 Å². The smallest absolute Gasteiger partial charge is 0.255 e. The molecule has 1 N–H and O–H groups in total. The lowest BCUT2D eigenvalue weighted by molar-refractivity contribution is -0.119. The highest BCUT2D eigenvalue weighted by Crippen LogP contribution is 2.23. The first-order valence-electron chi connectivity index (χ1n) is 6.49. The van der Waals surface area contributed by atoms with Crippen molar-refractivity contribution in [2.75, 3.05) is 13.1 Å². The Morgan fingerprint density at radius 2 is 2.00 bits per heavy atom. The summed E-state index contributed by atoms with van der Waals surface area (Å²) in [6.45, 7) is 2.78. The first-order valence-corrected chi connectivity index (χ1v) is 7.66. The van der Waals surface area contributed by atoms with E-state index in [0.29, 0.717) is 23.7 Å². The third kappa shape index (κ3) is 3.73. The average molecular weight is 360 g/mol. The molecule has 1 aromatic carbocycles. The summed E-state index contributed by atoms with van der Waals surface area (Å²) in [4.78, 5) is 25.2. The summed E-state index contributed by atoms with van der Waals surface area (Å²) in [6, 6.07) is 5.42. The molecular formula is C14H16BrClN2O2. The van der Waals surface area contributed by atoms with Crippen molar-refractivity contribution in [1.82, 2.24) is 10.2 Å². The summed E-state index contributed by atoms with van der Waals surface area (Å²) < 4.78 is 0.832. The van der Waals surface area contributed by atoms with Gasteiger partial charge in [-0.2, -0.15) is 0 Å². The van der Waals surface area contributed by atoms with Gasteiger partial charge in [-0.3, -0.25) is 9.59 Å². The monoisotopic (exact) mass is 358 g/mol. The van der Waals surface area contributed by atoms with Gasteiger partial charge < -0.3 is 10.2 Å². The highest BCUT2D eigenvalue weighted by atomic mass is 79.9. The summed E-state index contributed by atoms with van der Waals surface area (Å²) in [5.41, 5.74) is 0.513. The van der Waals surface area contributed by atoms with Gasteiger partial charge in [0.25, 0.3) is 5.91 Å². The molecule has 0 spiro atoms. The van der Waals surface area contributed by atoms with E-state index < -0.39 is 0 Å². The molecule has 0 aliphatic carbocycles. The molecule has 1 aliphatic heterocycles. The molecule has 0 unspecified atom stereocenters. The molecule has 1 aromatic rings. The number of amides is 2. The highest BCUT2D eigenvalue weighted by Gasteiger charge is 2.25. The second kappa shape index (κ2) is 6.59. The SMILES string of the molecule is CC(=O)NC1CCN(C(=O)c2cc(Br)ccc2Cl)CC1. The normalized spacial score (nSPS) is 16.1. The van der Waals surface area contributed by atoms with Crippen LogP contribution in [-0.2, 0) is 4.79 Å². The van der Waals surface area contributed by atoms with Gasteiger partial charge in [-0.25, -0.2) is 0 Å². The van der Waals surface area contributed by atoms with Crippen molar-refractivity contribution in [2.24, 2.45) is 0 Å². The molecule has 0 bridgehead atoms. The van der Waals surface area contributed by atoms with Gasteiger partial charge in [0, 0.05) is 30.5 Å². The summed E-state index contributed by atoms with van der Waals surface area (Å²) in [5, 5.41) is 3.35. The van der Waals surface area contributed by atoms with Crippen LogP contribution in [0.15, 0.2) is 22.7 Å². The van der Waals surface area contributed by atoms with Crippen LogP contribution in [0.3, 0.4) is 0 Å². The van der Waals surface area contributed by atoms with Crippen LogP contribution in [0.4, 0.5) is 0 Å². The molecule has 1 fully saturated rings. The standard InChI is InChI=1S/C14H16BrClN2O2/c1-9(19)17-11-4-6-18(7-5-11)14(20)12-8-10(15)2-3-13(12)16/h2-3,8,11H,4-7H2,1H3,(H,17,19). The van der Waals surface area contributed by atoms with Crippen molar-refractivity contribution in [2.45, 2.75) is 25.8 Å². The third-order valence-electron chi connectivity index (χ3n) is 3.35. The Morgan fingerprint density at radius 3 is 2.60 bits per heavy atom. The van der Waals surface area contributed by atoms with Crippen molar-refractivity contribution in [3.8, 4) is 0 Å². The lowest BCUT2D eigenvalue weighted by atomic mass is 10.0.